The van der Waals surface area contributed by atoms with Gasteiger partial charge in [0.2, 0.25) is 11.8 Å². The highest BCUT2D eigenvalue weighted by Crippen LogP contribution is 2.22. The van der Waals surface area contributed by atoms with Crippen LogP contribution in [0.25, 0.3) is 10.2 Å². The monoisotopic (exact) mass is 346 g/mol. The van der Waals surface area contributed by atoms with E-state index in [4.69, 9.17) is 0 Å². The molecular formula is C17H22N4O2S. The minimum absolute atomic E-state index is 0.0744. The summed E-state index contributed by atoms with van der Waals surface area (Å²) in [6.45, 7) is 1.56. The first-order chi connectivity index (χ1) is 11.6. The van der Waals surface area contributed by atoms with Gasteiger partial charge in [0.05, 0.1) is 23.3 Å². The van der Waals surface area contributed by atoms with Crippen molar-refractivity contribution in [3.8, 4) is 0 Å². The Balaban J connectivity index is 1.52. The third kappa shape index (κ3) is 4.30. The van der Waals surface area contributed by atoms with Gasteiger partial charge in [0, 0.05) is 6.54 Å². The predicted octanol–water partition coefficient (Wildman–Crippen LogP) is 1.51. The van der Waals surface area contributed by atoms with Crippen molar-refractivity contribution in [3.05, 3.63) is 29.3 Å². The number of thiazole rings is 1. The molecule has 1 aliphatic heterocycles. The average Bonchev–Trinajstić information content (AvgIpc) is 2.84. The molecule has 0 aliphatic carbocycles. The number of rotatable bonds is 5. The molecule has 1 fully saturated rings. The molecule has 128 valence electrons. The van der Waals surface area contributed by atoms with E-state index in [1.165, 1.54) is 0 Å². The van der Waals surface area contributed by atoms with Gasteiger partial charge in [-0.15, -0.1) is 11.3 Å². The maximum Gasteiger partial charge on any atom is 0.242 e. The highest BCUT2D eigenvalue weighted by molar-refractivity contribution is 7.18. The van der Waals surface area contributed by atoms with Crippen LogP contribution in [0.15, 0.2) is 24.3 Å². The third-order valence-corrected chi connectivity index (χ3v) is 5.05. The maximum absolute atomic E-state index is 12.2. The molecule has 0 radical (unpaired) electrons. The van der Waals surface area contributed by atoms with Gasteiger partial charge in [0.25, 0.3) is 0 Å². The minimum Gasteiger partial charge on any atom is -0.354 e. The van der Waals surface area contributed by atoms with Crippen LogP contribution in [0.4, 0.5) is 0 Å². The van der Waals surface area contributed by atoms with Crippen LogP contribution < -0.4 is 10.6 Å². The quantitative estimate of drug-likeness (QED) is 0.861. The molecular weight excluding hydrogens is 324 g/mol. The maximum atomic E-state index is 12.2. The van der Waals surface area contributed by atoms with Crippen LogP contribution in [0.3, 0.4) is 0 Å². The van der Waals surface area contributed by atoms with Gasteiger partial charge in [-0.1, -0.05) is 12.1 Å². The highest BCUT2D eigenvalue weighted by Gasteiger charge is 2.22. The van der Waals surface area contributed by atoms with Crippen molar-refractivity contribution in [1.29, 1.82) is 0 Å². The van der Waals surface area contributed by atoms with E-state index < -0.39 is 6.04 Å². The van der Waals surface area contributed by atoms with Gasteiger partial charge in [-0.05, 0) is 38.4 Å². The normalized spacial score (nSPS) is 18.4. The molecule has 1 aromatic heterocycles. The van der Waals surface area contributed by atoms with E-state index >= 15 is 0 Å². The van der Waals surface area contributed by atoms with E-state index in [0.29, 0.717) is 19.5 Å². The molecule has 1 saturated heterocycles. The summed E-state index contributed by atoms with van der Waals surface area (Å²) in [6, 6.07) is 7.61. The SMILES string of the molecule is CN(CC(=O)N[C@H]1CCCCNC1=O)Cc1nc2ccccc2s1. The van der Waals surface area contributed by atoms with E-state index in [1.807, 2.05) is 36.2 Å². The lowest BCUT2D eigenvalue weighted by atomic mass is 10.1. The highest BCUT2D eigenvalue weighted by atomic mass is 32.1. The number of benzene rings is 1. The van der Waals surface area contributed by atoms with Crippen molar-refractivity contribution in [3.63, 3.8) is 0 Å². The van der Waals surface area contributed by atoms with Gasteiger partial charge in [-0.2, -0.15) is 0 Å². The number of nitrogens with one attached hydrogen (secondary N) is 2. The third-order valence-electron chi connectivity index (χ3n) is 4.03. The van der Waals surface area contributed by atoms with Crippen LogP contribution >= 0.6 is 11.3 Å². The summed E-state index contributed by atoms with van der Waals surface area (Å²) in [5, 5.41) is 6.66. The summed E-state index contributed by atoms with van der Waals surface area (Å²) < 4.78 is 1.15. The predicted molar refractivity (Wildman–Crippen MR) is 94.7 cm³/mol. The first-order valence-electron chi connectivity index (χ1n) is 8.22. The molecule has 24 heavy (non-hydrogen) atoms. The topological polar surface area (TPSA) is 74.3 Å². The number of hydrogen-bond donors (Lipinski definition) is 2. The number of carbonyl (C=O) groups excluding carboxylic acids is 2. The fourth-order valence-electron chi connectivity index (χ4n) is 2.84. The van der Waals surface area contributed by atoms with Crippen LogP contribution in [0.2, 0.25) is 0 Å². The van der Waals surface area contributed by atoms with E-state index in [2.05, 4.69) is 15.6 Å². The second-order valence-corrected chi connectivity index (χ2v) is 7.27. The Labute approximate surface area is 145 Å². The van der Waals surface area contributed by atoms with Crippen molar-refractivity contribution in [2.24, 2.45) is 0 Å². The second kappa shape index (κ2) is 7.72. The molecule has 6 nitrogen and oxygen atoms in total. The molecule has 0 saturated carbocycles. The molecule has 1 atom stereocenters. The Morgan fingerprint density at radius 1 is 1.42 bits per heavy atom. The largest absolute Gasteiger partial charge is 0.354 e. The number of carbonyl (C=O) groups is 2. The second-order valence-electron chi connectivity index (χ2n) is 6.15. The van der Waals surface area contributed by atoms with Crippen LogP contribution in [0, 0.1) is 0 Å². The average molecular weight is 346 g/mol. The smallest absolute Gasteiger partial charge is 0.242 e. The van der Waals surface area contributed by atoms with Crippen molar-refractivity contribution >= 4 is 33.4 Å². The summed E-state index contributed by atoms with van der Waals surface area (Å²) in [6.07, 6.45) is 2.63. The van der Waals surface area contributed by atoms with Crippen LogP contribution in [0.5, 0.6) is 0 Å². The molecule has 3 rings (SSSR count). The number of nitrogens with zero attached hydrogens (tertiary/aromatic N) is 2. The Hall–Kier alpha value is -1.99. The number of amides is 2. The Bertz CT molecular complexity index is 697. The number of para-hydroxylation sites is 1. The molecule has 0 bridgehead atoms. The standard InChI is InChI=1S/C17H22N4O2S/c1-21(11-16-20-12-6-2-3-8-14(12)24-16)10-15(22)19-13-7-4-5-9-18-17(13)23/h2-3,6,8,13H,4-5,7,9-11H2,1H3,(H,18,23)(H,19,22)/t13-/m0/s1. The Morgan fingerprint density at radius 3 is 3.08 bits per heavy atom. The van der Waals surface area contributed by atoms with Crippen molar-refractivity contribution in [1.82, 2.24) is 20.5 Å². The van der Waals surface area contributed by atoms with Crippen LogP contribution in [0.1, 0.15) is 24.3 Å². The first-order valence-corrected chi connectivity index (χ1v) is 9.03. The molecule has 0 spiro atoms. The zero-order valence-electron chi connectivity index (χ0n) is 13.7. The fraction of sp³-hybridized carbons (Fsp3) is 0.471. The summed E-state index contributed by atoms with van der Waals surface area (Å²) >= 11 is 1.64. The summed E-state index contributed by atoms with van der Waals surface area (Å²) in [4.78, 5) is 30.6. The zero-order chi connectivity index (χ0) is 16.9. The summed E-state index contributed by atoms with van der Waals surface area (Å²) in [7, 11) is 1.89. The van der Waals surface area contributed by atoms with Crippen LogP contribution in [-0.4, -0.2) is 47.9 Å². The Kier molecular flexibility index (Phi) is 5.42. The number of fused-ring (bicyclic) bond motifs is 1. The molecule has 2 N–H and O–H groups in total. The van der Waals surface area contributed by atoms with Gasteiger partial charge in [-0.3, -0.25) is 14.5 Å². The number of hydrogen-bond acceptors (Lipinski definition) is 5. The zero-order valence-corrected chi connectivity index (χ0v) is 14.6. The molecule has 1 aromatic carbocycles. The van der Waals surface area contributed by atoms with Gasteiger partial charge >= 0.3 is 0 Å². The van der Waals surface area contributed by atoms with Gasteiger partial charge in [0.1, 0.15) is 11.0 Å². The molecule has 2 heterocycles. The first kappa shape index (κ1) is 16.9. The lowest BCUT2D eigenvalue weighted by Gasteiger charge is -2.18. The minimum atomic E-state index is -0.407. The number of likely N-dealkylation sites (N-methyl/N-ethyl adjacent to an activating group) is 1. The molecule has 2 amide bonds. The van der Waals surface area contributed by atoms with E-state index in [0.717, 1.165) is 28.1 Å². The van der Waals surface area contributed by atoms with Crippen molar-refractivity contribution < 1.29 is 9.59 Å². The lowest BCUT2D eigenvalue weighted by Crippen LogP contribution is -2.48. The van der Waals surface area contributed by atoms with E-state index in [-0.39, 0.29) is 18.4 Å². The van der Waals surface area contributed by atoms with Crippen molar-refractivity contribution in [2.75, 3.05) is 20.1 Å². The fourth-order valence-corrected chi connectivity index (χ4v) is 3.88. The molecule has 1 aliphatic rings. The van der Waals surface area contributed by atoms with Gasteiger partial charge < -0.3 is 10.6 Å². The van der Waals surface area contributed by atoms with Gasteiger partial charge in [0.15, 0.2) is 0 Å². The lowest BCUT2D eigenvalue weighted by molar-refractivity contribution is -0.129. The van der Waals surface area contributed by atoms with Crippen molar-refractivity contribution in [2.45, 2.75) is 31.8 Å². The summed E-state index contributed by atoms with van der Waals surface area (Å²) in [5.74, 6) is -0.199. The molecule has 7 heteroatoms. The number of aromatic nitrogens is 1. The molecule has 0 unspecified atom stereocenters. The Morgan fingerprint density at radius 2 is 2.25 bits per heavy atom. The van der Waals surface area contributed by atoms with E-state index in [1.54, 1.807) is 11.3 Å². The van der Waals surface area contributed by atoms with Crippen LogP contribution in [-0.2, 0) is 16.1 Å². The molecule has 2 aromatic rings. The van der Waals surface area contributed by atoms with Gasteiger partial charge in [-0.25, -0.2) is 4.98 Å². The summed E-state index contributed by atoms with van der Waals surface area (Å²) in [5.41, 5.74) is 0.991. The van der Waals surface area contributed by atoms with E-state index in [9.17, 15) is 9.59 Å².